The minimum Gasteiger partial charge on any atom is -0.377 e. The summed E-state index contributed by atoms with van der Waals surface area (Å²) in [4.78, 5) is 0. The molecule has 0 aliphatic heterocycles. The van der Waals surface area contributed by atoms with Crippen molar-refractivity contribution in [1.82, 2.24) is 5.32 Å². The molecule has 2 heteroatoms. The molecule has 3 unspecified atom stereocenters. The highest BCUT2D eigenvalue weighted by atomic mass is 16.5. The van der Waals surface area contributed by atoms with E-state index in [0.29, 0.717) is 18.1 Å². The molecule has 0 spiro atoms. The zero-order valence-electron chi connectivity index (χ0n) is 11.2. The first-order valence-electron chi connectivity index (χ1n) is 6.21. The van der Waals surface area contributed by atoms with Crippen LogP contribution in [-0.2, 0) is 4.74 Å². The van der Waals surface area contributed by atoms with E-state index in [2.05, 4.69) is 38.9 Å². The van der Waals surface area contributed by atoms with E-state index < -0.39 is 0 Å². The van der Waals surface area contributed by atoms with Gasteiger partial charge < -0.3 is 10.1 Å². The molecule has 1 N–H and O–H groups in total. The van der Waals surface area contributed by atoms with Crippen LogP contribution < -0.4 is 5.32 Å². The van der Waals surface area contributed by atoms with Crippen LogP contribution in [0.4, 0.5) is 0 Å². The van der Waals surface area contributed by atoms with Gasteiger partial charge >= 0.3 is 0 Å². The average molecular weight is 223 g/mol. The first kappa shape index (κ1) is 13.5. The monoisotopic (exact) mass is 223 g/mol. The second kappa shape index (κ2) is 5.21. The number of hydrogen-bond donors (Lipinski definition) is 1. The molecule has 1 aliphatic carbocycles. The van der Waals surface area contributed by atoms with Crippen LogP contribution in [-0.4, -0.2) is 24.8 Å². The van der Waals surface area contributed by atoms with Gasteiger partial charge in [0.05, 0.1) is 12.1 Å². The number of ether oxygens (including phenoxy) is 1. The summed E-state index contributed by atoms with van der Waals surface area (Å²) in [6.07, 6.45) is 6.82. The summed E-state index contributed by atoms with van der Waals surface area (Å²) < 4.78 is 5.91. The second-order valence-corrected chi connectivity index (χ2v) is 5.88. The molecule has 0 aromatic heterocycles. The lowest BCUT2D eigenvalue weighted by atomic mass is 9.64. The zero-order valence-corrected chi connectivity index (χ0v) is 11.2. The van der Waals surface area contributed by atoms with Crippen LogP contribution in [0.3, 0.4) is 0 Å². The maximum atomic E-state index is 5.91. The van der Waals surface area contributed by atoms with Crippen molar-refractivity contribution in [1.29, 1.82) is 0 Å². The summed E-state index contributed by atoms with van der Waals surface area (Å²) in [5.41, 5.74) is 0.194. The molecule has 0 aromatic rings. The Hall–Kier alpha value is -0.520. The van der Waals surface area contributed by atoms with Crippen molar-refractivity contribution < 1.29 is 4.74 Å². The molecule has 0 aromatic carbocycles. The van der Waals surface area contributed by atoms with Gasteiger partial charge in [-0.15, -0.1) is 6.42 Å². The fraction of sp³-hybridized carbons (Fsp3) is 0.857. The fourth-order valence-corrected chi connectivity index (χ4v) is 2.11. The Balaban J connectivity index is 2.38. The van der Waals surface area contributed by atoms with Gasteiger partial charge in [-0.25, -0.2) is 0 Å². The standard InChI is InChI=1S/C14H25NO/c1-7-11(4)15-12-8-13(14(12,5)6)16-9-10(2)3/h1,10-13,15H,8-9H2,2-6H3. The largest absolute Gasteiger partial charge is 0.377 e. The molecule has 0 radical (unpaired) electrons. The average Bonchev–Trinajstić information content (AvgIpc) is 2.21. The maximum Gasteiger partial charge on any atom is 0.0660 e. The molecule has 3 atom stereocenters. The van der Waals surface area contributed by atoms with Gasteiger partial charge in [-0.3, -0.25) is 0 Å². The van der Waals surface area contributed by atoms with E-state index in [0.717, 1.165) is 13.0 Å². The quantitative estimate of drug-likeness (QED) is 0.723. The molecule has 1 fully saturated rings. The lowest BCUT2D eigenvalue weighted by molar-refractivity contribution is -0.124. The van der Waals surface area contributed by atoms with Gasteiger partial charge in [0, 0.05) is 18.1 Å². The molecule has 0 saturated heterocycles. The Morgan fingerprint density at radius 1 is 1.44 bits per heavy atom. The minimum absolute atomic E-state index is 0.148. The molecule has 92 valence electrons. The Morgan fingerprint density at radius 3 is 2.50 bits per heavy atom. The van der Waals surface area contributed by atoms with E-state index in [4.69, 9.17) is 11.2 Å². The van der Waals surface area contributed by atoms with Gasteiger partial charge in [0.15, 0.2) is 0 Å². The van der Waals surface area contributed by atoms with E-state index >= 15 is 0 Å². The summed E-state index contributed by atoms with van der Waals surface area (Å²) >= 11 is 0. The van der Waals surface area contributed by atoms with Gasteiger partial charge in [-0.2, -0.15) is 0 Å². The second-order valence-electron chi connectivity index (χ2n) is 5.88. The van der Waals surface area contributed by atoms with Gasteiger partial charge in [-0.05, 0) is 19.3 Å². The highest BCUT2D eigenvalue weighted by molar-refractivity contribution is 5.07. The van der Waals surface area contributed by atoms with Crippen molar-refractivity contribution in [2.75, 3.05) is 6.61 Å². The minimum atomic E-state index is 0.148. The van der Waals surface area contributed by atoms with Crippen LogP contribution in [0, 0.1) is 23.7 Å². The van der Waals surface area contributed by atoms with E-state index in [1.807, 2.05) is 6.92 Å². The third-order valence-corrected chi connectivity index (χ3v) is 3.51. The van der Waals surface area contributed by atoms with Crippen LogP contribution in [0.2, 0.25) is 0 Å². The zero-order chi connectivity index (χ0) is 12.3. The Bertz CT molecular complexity index is 264. The summed E-state index contributed by atoms with van der Waals surface area (Å²) in [6.45, 7) is 11.7. The molecule has 1 rings (SSSR count). The first-order chi connectivity index (χ1) is 7.37. The van der Waals surface area contributed by atoms with Crippen molar-refractivity contribution in [2.45, 2.75) is 59.2 Å². The lowest BCUT2D eigenvalue weighted by Gasteiger charge is -2.52. The van der Waals surface area contributed by atoms with Crippen molar-refractivity contribution in [3.8, 4) is 12.3 Å². The normalized spacial score (nSPS) is 29.6. The Kier molecular flexibility index (Phi) is 4.41. The predicted octanol–water partition coefficient (Wildman–Crippen LogP) is 2.44. The van der Waals surface area contributed by atoms with Crippen molar-refractivity contribution in [2.24, 2.45) is 11.3 Å². The SMILES string of the molecule is C#CC(C)NC1CC(OCC(C)C)C1(C)C. The third kappa shape index (κ3) is 2.99. The molecule has 2 nitrogen and oxygen atoms in total. The number of nitrogens with one attached hydrogen (secondary N) is 1. The van der Waals surface area contributed by atoms with Gasteiger partial charge in [0.1, 0.15) is 0 Å². The van der Waals surface area contributed by atoms with Crippen LogP contribution in [0.15, 0.2) is 0 Å². The van der Waals surface area contributed by atoms with Crippen molar-refractivity contribution in [3.63, 3.8) is 0 Å². The van der Waals surface area contributed by atoms with E-state index in [-0.39, 0.29) is 11.5 Å². The van der Waals surface area contributed by atoms with E-state index in [1.54, 1.807) is 0 Å². The Labute approximate surface area is 100 Å². The van der Waals surface area contributed by atoms with Gasteiger partial charge in [0.25, 0.3) is 0 Å². The summed E-state index contributed by atoms with van der Waals surface area (Å²) in [6, 6.07) is 0.631. The van der Waals surface area contributed by atoms with E-state index in [1.165, 1.54) is 0 Å². The molecular weight excluding hydrogens is 198 g/mol. The molecule has 0 heterocycles. The van der Waals surface area contributed by atoms with Gasteiger partial charge in [0.2, 0.25) is 0 Å². The topological polar surface area (TPSA) is 21.3 Å². The molecule has 16 heavy (non-hydrogen) atoms. The summed E-state index contributed by atoms with van der Waals surface area (Å²) in [7, 11) is 0. The van der Waals surface area contributed by atoms with Crippen molar-refractivity contribution in [3.05, 3.63) is 0 Å². The maximum absolute atomic E-state index is 5.91. The molecule has 0 amide bonds. The Morgan fingerprint density at radius 2 is 2.06 bits per heavy atom. The predicted molar refractivity (Wildman–Crippen MR) is 68.2 cm³/mol. The number of terminal acetylenes is 1. The van der Waals surface area contributed by atoms with Crippen LogP contribution in [0.1, 0.15) is 41.0 Å². The van der Waals surface area contributed by atoms with Crippen LogP contribution in [0.5, 0.6) is 0 Å². The molecule has 1 aliphatic rings. The highest BCUT2D eigenvalue weighted by Gasteiger charge is 2.49. The van der Waals surface area contributed by atoms with Crippen LogP contribution >= 0.6 is 0 Å². The van der Waals surface area contributed by atoms with Gasteiger partial charge in [-0.1, -0.05) is 33.6 Å². The molecular formula is C14H25NO. The number of rotatable bonds is 5. The molecule has 1 saturated carbocycles. The smallest absolute Gasteiger partial charge is 0.0660 e. The third-order valence-electron chi connectivity index (χ3n) is 3.51. The fourth-order valence-electron chi connectivity index (χ4n) is 2.11. The number of hydrogen-bond acceptors (Lipinski definition) is 2. The van der Waals surface area contributed by atoms with Crippen molar-refractivity contribution >= 4 is 0 Å². The highest BCUT2D eigenvalue weighted by Crippen LogP contribution is 2.43. The lowest BCUT2D eigenvalue weighted by Crippen LogP contribution is -2.62. The van der Waals surface area contributed by atoms with E-state index in [9.17, 15) is 0 Å². The van der Waals surface area contributed by atoms with Crippen LogP contribution in [0.25, 0.3) is 0 Å². The summed E-state index contributed by atoms with van der Waals surface area (Å²) in [5.74, 6) is 3.32. The first-order valence-corrected chi connectivity index (χ1v) is 6.21. The molecule has 0 bridgehead atoms. The summed E-state index contributed by atoms with van der Waals surface area (Å²) in [5, 5.41) is 3.46.